The zero-order valence-corrected chi connectivity index (χ0v) is 20.8. The number of thiazole rings is 1. The second-order valence-electron chi connectivity index (χ2n) is 8.87. The standard InChI is InChI=1S/C25H33N5O3S/c1-3-5-9-18-10-12-19(13-11-18)26-20(31)17-30-22-21(23(32)29(14-4-2)25(30)33)34-24(27-22)28-15-7-6-8-16-28/h10-13H,3-9,14-17H2,1-2H3,(H,26,31). The Labute approximate surface area is 203 Å². The van der Waals surface area contributed by atoms with E-state index in [9.17, 15) is 14.4 Å². The number of hydrogen-bond donors (Lipinski definition) is 1. The molecule has 2 aromatic heterocycles. The first kappa shape index (κ1) is 24.2. The second-order valence-corrected chi connectivity index (χ2v) is 9.85. The van der Waals surface area contributed by atoms with E-state index < -0.39 is 5.69 Å². The average Bonchev–Trinajstić information content (AvgIpc) is 3.30. The summed E-state index contributed by atoms with van der Waals surface area (Å²) in [5.74, 6) is -0.320. The van der Waals surface area contributed by atoms with Gasteiger partial charge in [-0.25, -0.2) is 9.78 Å². The molecule has 3 aromatic rings. The van der Waals surface area contributed by atoms with E-state index in [1.165, 1.54) is 32.5 Å². The van der Waals surface area contributed by atoms with Gasteiger partial charge in [0.1, 0.15) is 11.2 Å². The molecule has 182 valence electrons. The molecule has 1 aromatic carbocycles. The number of rotatable bonds is 9. The molecular weight excluding hydrogens is 450 g/mol. The highest BCUT2D eigenvalue weighted by Gasteiger charge is 2.22. The number of amides is 1. The maximum Gasteiger partial charge on any atom is 0.333 e. The maximum absolute atomic E-state index is 13.2. The molecule has 4 rings (SSSR count). The lowest BCUT2D eigenvalue weighted by Crippen LogP contribution is -2.41. The number of benzene rings is 1. The molecule has 1 aliphatic heterocycles. The molecule has 0 bridgehead atoms. The van der Waals surface area contributed by atoms with Gasteiger partial charge in [0.25, 0.3) is 5.56 Å². The Morgan fingerprint density at radius 1 is 1.03 bits per heavy atom. The number of unbranched alkanes of at least 4 members (excludes halogenated alkanes) is 1. The van der Waals surface area contributed by atoms with Crippen molar-refractivity contribution in [3.05, 3.63) is 50.7 Å². The van der Waals surface area contributed by atoms with Crippen LogP contribution in [-0.4, -0.2) is 33.1 Å². The van der Waals surface area contributed by atoms with Crippen LogP contribution in [0.4, 0.5) is 10.8 Å². The first-order valence-electron chi connectivity index (χ1n) is 12.3. The van der Waals surface area contributed by atoms with Gasteiger partial charge in [0, 0.05) is 25.3 Å². The third kappa shape index (κ3) is 5.24. The molecule has 3 heterocycles. The van der Waals surface area contributed by atoms with Gasteiger partial charge in [0.15, 0.2) is 10.8 Å². The summed E-state index contributed by atoms with van der Waals surface area (Å²) in [5, 5.41) is 3.63. The van der Waals surface area contributed by atoms with Crippen LogP contribution in [-0.2, 0) is 24.3 Å². The summed E-state index contributed by atoms with van der Waals surface area (Å²) in [6.45, 7) is 5.98. The van der Waals surface area contributed by atoms with Crippen LogP contribution in [0.3, 0.4) is 0 Å². The predicted octanol–water partition coefficient (Wildman–Crippen LogP) is 4.00. The number of aryl methyl sites for hydroxylation is 1. The van der Waals surface area contributed by atoms with Crippen LogP contribution in [0.15, 0.2) is 33.9 Å². The third-order valence-corrected chi connectivity index (χ3v) is 7.28. The summed E-state index contributed by atoms with van der Waals surface area (Å²) >= 11 is 1.32. The minimum Gasteiger partial charge on any atom is -0.348 e. The zero-order valence-electron chi connectivity index (χ0n) is 20.0. The van der Waals surface area contributed by atoms with E-state index in [0.717, 1.165) is 50.3 Å². The van der Waals surface area contributed by atoms with Gasteiger partial charge >= 0.3 is 5.69 Å². The largest absolute Gasteiger partial charge is 0.348 e. The molecule has 1 N–H and O–H groups in total. The van der Waals surface area contributed by atoms with E-state index in [1.54, 1.807) is 0 Å². The molecule has 0 atom stereocenters. The minimum atomic E-state index is -0.486. The van der Waals surface area contributed by atoms with Crippen molar-refractivity contribution in [1.82, 2.24) is 14.1 Å². The van der Waals surface area contributed by atoms with E-state index in [-0.39, 0.29) is 18.0 Å². The number of aromatic nitrogens is 3. The van der Waals surface area contributed by atoms with E-state index in [2.05, 4.69) is 22.1 Å². The molecule has 0 spiro atoms. The number of hydrogen-bond acceptors (Lipinski definition) is 6. The van der Waals surface area contributed by atoms with Gasteiger partial charge in [-0.05, 0) is 56.2 Å². The Bertz CT molecular complexity index is 1250. The smallest absolute Gasteiger partial charge is 0.333 e. The summed E-state index contributed by atoms with van der Waals surface area (Å²) in [7, 11) is 0. The Kier molecular flexibility index (Phi) is 7.82. The Morgan fingerprint density at radius 2 is 1.76 bits per heavy atom. The number of nitrogens with zero attached hydrogens (tertiary/aromatic N) is 4. The van der Waals surface area contributed by atoms with Crippen LogP contribution >= 0.6 is 11.3 Å². The summed E-state index contributed by atoms with van der Waals surface area (Å²) in [6, 6.07) is 7.80. The van der Waals surface area contributed by atoms with E-state index in [0.29, 0.717) is 29.0 Å². The van der Waals surface area contributed by atoms with Gasteiger partial charge in [0.05, 0.1) is 0 Å². The lowest BCUT2D eigenvalue weighted by Gasteiger charge is -2.25. The van der Waals surface area contributed by atoms with Crippen molar-refractivity contribution in [1.29, 1.82) is 0 Å². The molecule has 0 aliphatic carbocycles. The third-order valence-electron chi connectivity index (χ3n) is 6.19. The molecule has 1 amide bonds. The lowest BCUT2D eigenvalue weighted by atomic mass is 10.1. The molecular formula is C25H33N5O3S. The summed E-state index contributed by atoms with van der Waals surface area (Å²) in [4.78, 5) is 46.0. The SMILES string of the molecule is CCCCc1ccc(NC(=O)Cn2c(=O)n(CCC)c(=O)c3sc(N4CCCCC4)nc32)cc1. The van der Waals surface area contributed by atoms with Gasteiger partial charge in [-0.3, -0.25) is 18.7 Å². The summed E-state index contributed by atoms with van der Waals surface area (Å²) < 4.78 is 3.01. The van der Waals surface area contributed by atoms with E-state index >= 15 is 0 Å². The Morgan fingerprint density at radius 3 is 2.44 bits per heavy atom. The number of piperidine rings is 1. The Balaban J connectivity index is 1.63. The fourth-order valence-electron chi connectivity index (χ4n) is 4.33. The highest BCUT2D eigenvalue weighted by Crippen LogP contribution is 2.28. The molecule has 1 aliphatic rings. The maximum atomic E-state index is 13.2. The first-order valence-corrected chi connectivity index (χ1v) is 13.1. The lowest BCUT2D eigenvalue weighted by molar-refractivity contribution is -0.116. The van der Waals surface area contributed by atoms with Crippen molar-refractivity contribution < 1.29 is 4.79 Å². The van der Waals surface area contributed by atoms with Crippen molar-refractivity contribution >= 4 is 38.4 Å². The number of carbonyl (C=O) groups is 1. The Hall–Kier alpha value is -2.94. The number of anilines is 2. The monoisotopic (exact) mass is 483 g/mol. The quantitative estimate of drug-likeness (QED) is 0.497. The number of fused-ring (bicyclic) bond motifs is 1. The molecule has 0 radical (unpaired) electrons. The van der Waals surface area contributed by atoms with Gasteiger partial charge in [-0.2, -0.15) is 0 Å². The van der Waals surface area contributed by atoms with Gasteiger partial charge in [-0.15, -0.1) is 0 Å². The predicted molar refractivity (Wildman–Crippen MR) is 138 cm³/mol. The van der Waals surface area contributed by atoms with Crippen molar-refractivity contribution in [3.63, 3.8) is 0 Å². The fourth-order valence-corrected chi connectivity index (χ4v) is 5.40. The van der Waals surface area contributed by atoms with Gasteiger partial charge in [0.2, 0.25) is 5.91 Å². The van der Waals surface area contributed by atoms with E-state index in [4.69, 9.17) is 0 Å². The van der Waals surface area contributed by atoms with Crippen molar-refractivity contribution in [2.24, 2.45) is 0 Å². The number of carbonyl (C=O) groups excluding carboxylic acids is 1. The average molecular weight is 484 g/mol. The molecule has 8 nitrogen and oxygen atoms in total. The van der Waals surface area contributed by atoms with Crippen LogP contribution in [0.2, 0.25) is 0 Å². The minimum absolute atomic E-state index is 0.194. The van der Waals surface area contributed by atoms with Crippen LogP contribution in [0.5, 0.6) is 0 Å². The first-order chi connectivity index (χ1) is 16.5. The second kappa shape index (κ2) is 11.0. The highest BCUT2D eigenvalue weighted by atomic mass is 32.1. The molecule has 9 heteroatoms. The summed E-state index contributed by atoms with van der Waals surface area (Å²) in [6.07, 6.45) is 7.29. The molecule has 0 saturated carbocycles. The normalized spacial score (nSPS) is 14.0. The van der Waals surface area contributed by atoms with Crippen LogP contribution in [0.1, 0.15) is 57.9 Å². The molecule has 0 unspecified atom stereocenters. The molecule has 1 fully saturated rings. The van der Waals surface area contributed by atoms with Crippen molar-refractivity contribution in [2.45, 2.75) is 71.9 Å². The topological polar surface area (TPSA) is 89.2 Å². The molecule has 1 saturated heterocycles. The molecule has 34 heavy (non-hydrogen) atoms. The highest BCUT2D eigenvalue weighted by molar-refractivity contribution is 7.22. The van der Waals surface area contributed by atoms with Crippen LogP contribution < -0.4 is 21.5 Å². The van der Waals surface area contributed by atoms with Crippen molar-refractivity contribution in [3.8, 4) is 0 Å². The summed E-state index contributed by atoms with van der Waals surface area (Å²) in [5.41, 5.74) is 1.42. The van der Waals surface area contributed by atoms with Crippen molar-refractivity contribution in [2.75, 3.05) is 23.3 Å². The number of nitrogens with one attached hydrogen (secondary N) is 1. The van der Waals surface area contributed by atoms with Crippen LogP contribution in [0, 0.1) is 0 Å². The van der Waals surface area contributed by atoms with Crippen LogP contribution in [0.25, 0.3) is 10.3 Å². The zero-order chi connectivity index (χ0) is 24.1. The van der Waals surface area contributed by atoms with E-state index in [1.807, 2.05) is 31.2 Å². The van der Waals surface area contributed by atoms with Gasteiger partial charge < -0.3 is 10.2 Å². The fraction of sp³-hybridized carbons (Fsp3) is 0.520. The van der Waals surface area contributed by atoms with Gasteiger partial charge in [-0.1, -0.05) is 43.7 Å².